The van der Waals surface area contributed by atoms with E-state index in [0.717, 1.165) is 16.5 Å². The van der Waals surface area contributed by atoms with Crippen molar-refractivity contribution in [2.24, 2.45) is 0 Å². The van der Waals surface area contributed by atoms with Gasteiger partial charge in [-0.15, -0.1) is 0 Å². The van der Waals surface area contributed by atoms with Gasteiger partial charge in [-0.05, 0) is 18.1 Å². The van der Waals surface area contributed by atoms with Crippen LogP contribution in [0.1, 0.15) is 17.5 Å². The third kappa shape index (κ3) is 2.44. The number of rotatable bonds is 4. The molecular weight excluding hydrogens is 396 g/mol. The molecule has 0 radical (unpaired) electrons. The molecule has 2 aromatic rings. The van der Waals surface area contributed by atoms with Gasteiger partial charge in [0.15, 0.2) is 0 Å². The summed E-state index contributed by atoms with van der Waals surface area (Å²) in [4.78, 5) is 12.9. The molecule has 4 heteroatoms. The van der Waals surface area contributed by atoms with Gasteiger partial charge >= 0.3 is 5.97 Å². The van der Waals surface area contributed by atoms with E-state index in [1.54, 1.807) is 0 Å². The van der Waals surface area contributed by atoms with Crippen LogP contribution in [0.25, 0.3) is 0 Å². The number of halogens is 2. The van der Waals surface area contributed by atoms with Crippen LogP contribution in [0.4, 0.5) is 0 Å². The summed E-state index contributed by atoms with van der Waals surface area (Å²) in [7, 11) is 0. The van der Waals surface area contributed by atoms with Crippen molar-refractivity contribution in [3.63, 3.8) is 0 Å². The minimum absolute atomic E-state index is 0.177. The summed E-state index contributed by atoms with van der Waals surface area (Å²) in [5.74, 6) is 0.473. The van der Waals surface area contributed by atoms with E-state index in [-0.39, 0.29) is 10.8 Å². The lowest BCUT2D eigenvalue weighted by atomic mass is 9.72. The zero-order valence-corrected chi connectivity index (χ0v) is 14.4. The third-order valence-corrected chi connectivity index (χ3v) is 6.16. The van der Waals surface area contributed by atoms with Crippen molar-refractivity contribution >= 4 is 37.8 Å². The van der Waals surface area contributed by atoms with E-state index >= 15 is 0 Å². The van der Waals surface area contributed by atoms with Crippen molar-refractivity contribution in [1.82, 2.24) is 0 Å². The highest BCUT2D eigenvalue weighted by molar-refractivity contribution is 9.12. The summed E-state index contributed by atoms with van der Waals surface area (Å²) in [5.41, 5.74) is 1.19. The highest BCUT2D eigenvalue weighted by Gasteiger charge is 2.51. The van der Waals surface area contributed by atoms with Gasteiger partial charge in [-0.2, -0.15) is 0 Å². The van der Waals surface area contributed by atoms with Gasteiger partial charge in [0, 0.05) is 15.7 Å². The van der Waals surface area contributed by atoms with Crippen LogP contribution in [0.5, 0.6) is 5.75 Å². The summed E-state index contributed by atoms with van der Waals surface area (Å²) in [6.07, 6.45) is 0.651. The Morgan fingerprint density at radius 1 is 1.05 bits per heavy atom. The van der Waals surface area contributed by atoms with Gasteiger partial charge in [0.2, 0.25) is 0 Å². The van der Waals surface area contributed by atoms with Crippen LogP contribution in [-0.4, -0.2) is 16.1 Å². The molecule has 0 aliphatic carbocycles. The zero-order valence-electron chi connectivity index (χ0n) is 11.3. The Balaban J connectivity index is 2.20. The molecule has 0 bridgehead atoms. The number of fused-ring (bicyclic) bond motifs is 1. The second-order valence-electron chi connectivity index (χ2n) is 5.11. The van der Waals surface area contributed by atoms with Crippen LogP contribution >= 0.6 is 31.9 Å². The maximum absolute atomic E-state index is 12.7. The molecule has 1 heterocycles. The van der Waals surface area contributed by atoms with Crippen LogP contribution in [0.2, 0.25) is 0 Å². The van der Waals surface area contributed by atoms with Gasteiger partial charge in [-0.1, -0.05) is 80.4 Å². The number of esters is 1. The monoisotopic (exact) mass is 408 g/mol. The van der Waals surface area contributed by atoms with E-state index in [0.29, 0.717) is 12.2 Å². The van der Waals surface area contributed by atoms with Crippen molar-refractivity contribution < 1.29 is 9.53 Å². The standard InChI is InChI=1S/C17H14Br2O2/c18-11-13(19)10-17(12-6-2-1-3-7-12)14-8-4-5-9-15(14)21-16(17)20/h1-9,13H,10-11H2/t13-,17-/m1/s1. The number of carbonyl (C=O) groups is 1. The molecule has 0 saturated carbocycles. The molecule has 0 amide bonds. The maximum Gasteiger partial charge on any atom is 0.326 e. The molecule has 1 aliphatic rings. The molecule has 2 aromatic carbocycles. The number of carbonyl (C=O) groups excluding carboxylic acids is 1. The molecule has 0 N–H and O–H groups in total. The molecular formula is C17H14Br2O2. The predicted molar refractivity (Wildman–Crippen MR) is 90.4 cm³/mol. The Labute approximate surface area is 140 Å². The number of hydrogen-bond acceptors (Lipinski definition) is 2. The van der Waals surface area contributed by atoms with Crippen molar-refractivity contribution in [1.29, 1.82) is 0 Å². The number of alkyl halides is 2. The molecule has 108 valence electrons. The molecule has 0 aromatic heterocycles. The minimum atomic E-state index is -0.736. The summed E-state index contributed by atoms with van der Waals surface area (Å²) in [5, 5.41) is 0.775. The molecule has 0 spiro atoms. The first kappa shape index (κ1) is 14.8. The lowest BCUT2D eigenvalue weighted by molar-refractivity contribution is -0.137. The van der Waals surface area contributed by atoms with Crippen LogP contribution in [0.3, 0.4) is 0 Å². The van der Waals surface area contributed by atoms with Crippen molar-refractivity contribution in [2.45, 2.75) is 16.7 Å². The second-order valence-corrected chi connectivity index (χ2v) is 7.06. The highest BCUT2D eigenvalue weighted by atomic mass is 79.9. The first-order valence-electron chi connectivity index (χ1n) is 6.76. The Kier molecular flexibility index (Phi) is 4.18. The fraction of sp³-hybridized carbons (Fsp3) is 0.235. The van der Waals surface area contributed by atoms with E-state index in [1.165, 1.54) is 0 Å². The van der Waals surface area contributed by atoms with Crippen LogP contribution in [-0.2, 0) is 10.2 Å². The summed E-state index contributed by atoms with van der Waals surface area (Å²) >= 11 is 7.12. The Morgan fingerprint density at radius 2 is 1.71 bits per heavy atom. The highest BCUT2D eigenvalue weighted by Crippen LogP contribution is 2.48. The van der Waals surface area contributed by atoms with Crippen LogP contribution in [0.15, 0.2) is 54.6 Å². The smallest absolute Gasteiger partial charge is 0.326 e. The average molecular weight is 410 g/mol. The third-order valence-electron chi connectivity index (χ3n) is 3.86. The van der Waals surface area contributed by atoms with Gasteiger partial charge in [0.1, 0.15) is 11.2 Å². The molecule has 2 atom stereocenters. The maximum atomic E-state index is 12.7. The molecule has 0 unspecified atom stereocenters. The molecule has 0 saturated heterocycles. The fourth-order valence-electron chi connectivity index (χ4n) is 2.90. The predicted octanol–water partition coefficient (Wildman–Crippen LogP) is 4.44. The van der Waals surface area contributed by atoms with E-state index < -0.39 is 5.41 Å². The normalized spacial score (nSPS) is 21.7. The van der Waals surface area contributed by atoms with Crippen molar-refractivity contribution in [3.05, 3.63) is 65.7 Å². The van der Waals surface area contributed by atoms with Gasteiger partial charge in [0.25, 0.3) is 0 Å². The van der Waals surface area contributed by atoms with Crippen LogP contribution < -0.4 is 4.74 Å². The first-order valence-corrected chi connectivity index (χ1v) is 8.79. The van der Waals surface area contributed by atoms with Gasteiger partial charge in [-0.25, -0.2) is 0 Å². The lowest BCUT2D eigenvalue weighted by Gasteiger charge is -2.28. The van der Waals surface area contributed by atoms with Gasteiger partial charge in [-0.3, -0.25) is 4.79 Å². The zero-order chi connectivity index (χ0) is 14.9. The van der Waals surface area contributed by atoms with Crippen molar-refractivity contribution in [2.75, 3.05) is 5.33 Å². The number of hydrogen-bond donors (Lipinski definition) is 0. The van der Waals surface area contributed by atoms with Gasteiger partial charge in [0.05, 0.1) is 0 Å². The van der Waals surface area contributed by atoms with Crippen LogP contribution in [0, 0.1) is 0 Å². The van der Waals surface area contributed by atoms with Crippen molar-refractivity contribution in [3.8, 4) is 5.75 Å². The summed E-state index contributed by atoms with van der Waals surface area (Å²) in [6, 6.07) is 17.6. The van der Waals surface area contributed by atoms with E-state index in [9.17, 15) is 4.79 Å². The topological polar surface area (TPSA) is 26.3 Å². The Morgan fingerprint density at radius 3 is 2.43 bits per heavy atom. The second kappa shape index (κ2) is 5.93. The summed E-state index contributed by atoms with van der Waals surface area (Å²) < 4.78 is 5.55. The number of ether oxygens (including phenoxy) is 1. The SMILES string of the molecule is O=C1Oc2ccccc2[C@@]1(C[C@@H](Br)CBr)c1ccccc1. The van der Waals surface area contributed by atoms with E-state index in [4.69, 9.17) is 4.74 Å². The first-order chi connectivity index (χ1) is 10.2. The molecule has 0 fully saturated rings. The fourth-order valence-corrected chi connectivity index (χ4v) is 3.61. The van der Waals surface area contributed by atoms with E-state index in [2.05, 4.69) is 31.9 Å². The van der Waals surface area contributed by atoms with Gasteiger partial charge < -0.3 is 4.74 Å². The largest absolute Gasteiger partial charge is 0.425 e. The molecule has 21 heavy (non-hydrogen) atoms. The summed E-state index contributed by atoms with van der Waals surface area (Å²) in [6.45, 7) is 0. The molecule has 1 aliphatic heterocycles. The molecule has 3 rings (SSSR count). The quantitative estimate of drug-likeness (QED) is 0.424. The minimum Gasteiger partial charge on any atom is -0.425 e. The number of para-hydroxylation sites is 1. The Bertz CT molecular complexity index is 657. The average Bonchev–Trinajstić information content (AvgIpc) is 2.81. The molecule has 2 nitrogen and oxygen atoms in total. The van der Waals surface area contributed by atoms with E-state index in [1.807, 2.05) is 54.6 Å². The Hall–Kier alpha value is -1.13. The lowest BCUT2D eigenvalue weighted by Crippen LogP contribution is -2.37. The number of benzene rings is 2.